The summed E-state index contributed by atoms with van der Waals surface area (Å²) in [4.78, 5) is -0.468. The van der Waals surface area contributed by atoms with Crippen LogP contribution in [0.2, 0.25) is 0 Å². The Morgan fingerprint density at radius 1 is 0.938 bits per heavy atom. The summed E-state index contributed by atoms with van der Waals surface area (Å²) in [6.45, 7) is 0.583. The number of nitrogens with zero attached hydrogens (tertiary/aromatic N) is 1. The van der Waals surface area contributed by atoms with Crippen molar-refractivity contribution >= 4 is 10.0 Å². The zero-order valence-electron chi connectivity index (χ0n) is 17.3. The minimum Gasteiger partial charge on any atom is -0.485 e. The minimum atomic E-state index is -4.13. The van der Waals surface area contributed by atoms with E-state index in [4.69, 9.17) is 9.47 Å². The zero-order valence-corrected chi connectivity index (χ0v) is 18.1. The van der Waals surface area contributed by atoms with Gasteiger partial charge in [-0.05, 0) is 41.8 Å². The van der Waals surface area contributed by atoms with Gasteiger partial charge in [0, 0.05) is 6.54 Å². The van der Waals surface area contributed by atoms with Gasteiger partial charge < -0.3 is 9.47 Å². The van der Waals surface area contributed by atoms with Crippen LogP contribution in [0.25, 0.3) is 0 Å². The van der Waals surface area contributed by atoms with Crippen LogP contribution in [0, 0.1) is 11.6 Å². The molecular weight excluding hydrogens is 436 g/mol. The molecule has 1 heterocycles. The van der Waals surface area contributed by atoms with Crippen molar-refractivity contribution in [2.45, 2.75) is 24.0 Å². The van der Waals surface area contributed by atoms with Gasteiger partial charge in [0.1, 0.15) is 23.5 Å². The Labute approximate surface area is 186 Å². The van der Waals surface area contributed by atoms with E-state index in [0.717, 1.165) is 17.2 Å². The summed E-state index contributed by atoms with van der Waals surface area (Å²) in [5, 5.41) is 0. The molecule has 0 saturated carbocycles. The predicted molar refractivity (Wildman–Crippen MR) is 116 cm³/mol. The lowest BCUT2D eigenvalue weighted by molar-refractivity contribution is 0.0340. The molecule has 0 spiro atoms. The fourth-order valence-corrected chi connectivity index (χ4v) is 5.23. The van der Waals surface area contributed by atoms with Gasteiger partial charge in [-0.15, -0.1) is 0 Å². The van der Waals surface area contributed by atoms with E-state index in [-0.39, 0.29) is 31.3 Å². The summed E-state index contributed by atoms with van der Waals surface area (Å²) in [5.74, 6) is -1.25. The molecule has 0 bridgehead atoms. The van der Waals surface area contributed by atoms with E-state index in [1.54, 1.807) is 12.1 Å². The van der Waals surface area contributed by atoms with Gasteiger partial charge in [-0.2, -0.15) is 4.31 Å². The normalized spacial score (nSPS) is 17.9. The Bertz CT molecular complexity index is 1150. The van der Waals surface area contributed by atoms with Crippen molar-refractivity contribution < 1.29 is 26.7 Å². The molecule has 5 nitrogen and oxygen atoms in total. The molecule has 0 saturated heterocycles. The molecule has 3 aromatic rings. The number of fused-ring (bicyclic) bond motifs is 1. The summed E-state index contributed by atoms with van der Waals surface area (Å²) >= 11 is 0. The second-order valence-electron chi connectivity index (χ2n) is 7.55. The van der Waals surface area contributed by atoms with Gasteiger partial charge in [0.2, 0.25) is 10.0 Å². The molecule has 3 aromatic carbocycles. The minimum absolute atomic E-state index is 0.00639. The Hall–Kier alpha value is -2.81. The number of hydrogen-bond acceptors (Lipinski definition) is 4. The Kier molecular flexibility index (Phi) is 6.83. The van der Waals surface area contributed by atoms with E-state index < -0.39 is 26.8 Å². The van der Waals surface area contributed by atoms with Crippen LogP contribution >= 0.6 is 0 Å². The summed E-state index contributed by atoms with van der Waals surface area (Å²) < 4.78 is 67.1. The van der Waals surface area contributed by atoms with E-state index in [0.29, 0.717) is 13.0 Å². The molecule has 0 N–H and O–H groups in total. The lowest BCUT2D eigenvalue weighted by Crippen LogP contribution is -2.40. The number of sulfonamides is 1. The van der Waals surface area contributed by atoms with Crippen molar-refractivity contribution in [1.29, 1.82) is 0 Å². The maximum absolute atomic E-state index is 14.6. The lowest BCUT2D eigenvalue weighted by atomic mass is 10.1. The highest BCUT2D eigenvalue weighted by Gasteiger charge is 2.37. The molecule has 8 heteroatoms. The summed E-state index contributed by atoms with van der Waals surface area (Å²) in [5.41, 5.74) is 1.76. The second kappa shape index (κ2) is 9.77. The average molecular weight is 460 g/mol. The zero-order chi connectivity index (χ0) is 22.6. The van der Waals surface area contributed by atoms with Crippen molar-refractivity contribution in [3.63, 3.8) is 0 Å². The van der Waals surface area contributed by atoms with Gasteiger partial charge in [-0.25, -0.2) is 17.2 Å². The number of hydrogen-bond donors (Lipinski definition) is 0. The smallest absolute Gasteiger partial charge is 0.249 e. The first-order valence-corrected chi connectivity index (χ1v) is 11.7. The maximum Gasteiger partial charge on any atom is 0.249 e. The first kappa shape index (κ1) is 22.4. The van der Waals surface area contributed by atoms with Crippen LogP contribution in [-0.4, -0.2) is 38.5 Å². The molecule has 0 radical (unpaired) electrons. The number of halogens is 2. The molecule has 168 valence electrons. The van der Waals surface area contributed by atoms with E-state index in [9.17, 15) is 17.2 Å². The second-order valence-corrected chi connectivity index (χ2v) is 9.42. The molecule has 0 amide bonds. The molecule has 1 aliphatic rings. The molecule has 1 aliphatic heterocycles. The van der Waals surface area contributed by atoms with Gasteiger partial charge in [0.25, 0.3) is 0 Å². The van der Waals surface area contributed by atoms with Crippen LogP contribution < -0.4 is 4.74 Å². The highest BCUT2D eigenvalue weighted by molar-refractivity contribution is 7.89. The van der Waals surface area contributed by atoms with Crippen LogP contribution in [0.15, 0.2) is 77.7 Å². The molecule has 0 fully saturated rings. The Morgan fingerprint density at radius 3 is 2.44 bits per heavy atom. The van der Waals surface area contributed by atoms with Crippen molar-refractivity contribution in [2.75, 3.05) is 19.7 Å². The van der Waals surface area contributed by atoms with Gasteiger partial charge in [-0.1, -0.05) is 48.5 Å². The van der Waals surface area contributed by atoms with Crippen molar-refractivity contribution in [1.82, 2.24) is 4.31 Å². The monoisotopic (exact) mass is 459 g/mol. The van der Waals surface area contributed by atoms with Crippen LogP contribution in [0.5, 0.6) is 5.75 Å². The molecule has 32 heavy (non-hydrogen) atoms. The molecule has 0 aromatic heterocycles. The van der Waals surface area contributed by atoms with Crippen molar-refractivity contribution in [3.05, 3.63) is 95.6 Å². The van der Waals surface area contributed by atoms with E-state index >= 15 is 0 Å². The topological polar surface area (TPSA) is 55.8 Å². The quantitative estimate of drug-likeness (QED) is 0.532. The van der Waals surface area contributed by atoms with Gasteiger partial charge >= 0.3 is 0 Å². The first-order valence-electron chi connectivity index (χ1n) is 10.2. The van der Waals surface area contributed by atoms with Gasteiger partial charge in [-0.3, -0.25) is 0 Å². The highest BCUT2D eigenvalue weighted by atomic mass is 32.2. The van der Waals surface area contributed by atoms with Crippen LogP contribution in [-0.2, 0) is 27.8 Å². The molecule has 4 rings (SSSR count). The van der Waals surface area contributed by atoms with Crippen LogP contribution in [0.4, 0.5) is 8.78 Å². The van der Waals surface area contributed by atoms with E-state index in [1.807, 2.05) is 30.3 Å². The summed E-state index contributed by atoms with van der Waals surface area (Å²) in [6.07, 6.45) is -0.272. The number of rotatable bonds is 7. The van der Waals surface area contributed by atoms with Gasteiger partial charge in [0.05, 0.1) is 19.8 Å². The summed E-state index contributed by atoms with van der Waals surface area (Å²) in [6, 6.07) is 19.4. The lowest BCUT2D eigenvalue weighted by Gasteiger charge is -2.23. The van der Waals surface area contributed by atoms with Gasteiger partial charge in [0.15, 0.2) is 4.90 Å². The number of benzene rings is 3. The van der Waals surface area contributed by atoms with Crippen molar-refractivity contribution in [3.8, 4) is 5.75 Å². The van der Waals surface area contributed by atoms with E-state index in [1.165, 1.54) is 28.6 Å². The maximum atomic E-state index is 14.6. The molecule has 1 atom stereocenters. The average Bonchev–Trinajstić information content (AvgIpc) is 2.88. The molecule has 0 unspecified atom stereocenters. The van der Waals surface area contributed by atoms with Crippen LogP contribution in [0.1, 0.15) is 11.1 Å². The van der Waals surface area contributed by atoms with Crippen molar-refractivity contribution in [2.24, 2.45) is 0 Å². The Balaban J connectivity index is 1.54. The van der Waals surface area contributed by atoms with E-state index in [2.05, 4.69) is 0 Å². The summed E-state index contributed by atoms with van der Waals surface area (Å²) in [7, 11) is -4.13. The fourth-order valence-electron chi connectivity index (χ4n) is 3.59. The largest absolute Gasteiger partial charge is 0.485 e. The molecular formula is C24H23F2NO4S. The predicted octanol–water partition coefficient (Wildman–Crippen LogP) is 4.18. The highest BCUT2D eigenvalue weighted by Crippen LogP contribution is 2.33. The number of ether oxygens (including phenoxy) is 2. The molecule has 0 aliphatic carbocycles. The standard InChI is InChI=1S/C24H23F2NO4S/c25-20-11-9-18(10-12-20)13-14-27-15-21(17-30-16-19-5-2-1-3-6-19)31-23-8-4-7-22(26)24(23)32(27,28)29/h1-12,21H,13-17H2/t21-/m1/s1. The third kappa shape index (κ3) is 5.15. The third-order valence-electron chi connectivity index (χ3n) is 5.21. The Morgan fingerprint density at radius 2 is 1.69 bits per heavy atom. The third-order valence-corrected chi connectivity index (χ3v) is 7.13. The first-order chi connectivity index (χ1) is 15.4. The fraction of sp³-hybridized carbons (Fsp3) is 0.250. The van der Waals surface area contributed by atoms with Crippen LogP contribution in [0.3, 0.4) is 0 Å². The SMILES string of the molecule is O=S1(=O)c2c(F)cccc2O[C@@H](COCc2ccccc2)CN1CCc1ccc(F)cc1.